The van der Waals surface area contributed by atoms with Crippen molar-refractivity contribution in [1.82, 2.24) is 35.1 Å². The van der Waals surface area contributed by atoms with Gasteiger partial charge < -0.3 is 40.1 Å². The van der Waals surface area contributed by atoms with E-state index in [1.165, 1.54) is 0 Å². The minimum Gasteiger partial charge on any atom is -0.444 e. The van der Waals surface area contributed by atoms with Crippen LogP contribution in [0.5, 0.6) is 0 Å². The van der Waals surface area contributed by atoms with Gasteiger partial charge >= 0.3 is 12.2 Å². The van der Waals surface area contributed by atoms with E-state index in [1.54, 1.807) is 16.8 Å². The Balaban J connectivity index is 0.000000210. The monoisotopic (exact) mass is 646 g/mol. The highest BCUT2D eigenvalue weighted by molar-refractivity contribution is 6.28. The van der Waals surface area contributed by atoms with Crippen LogP contribution >= 0.6 is 11.6 Å². The van der Waals surface area contributed by atoms with Crippen molar-refractivity contribution in [3.8, 4) is 0 Å². The summed E-state index contributed by atoms with van der Waals surface area (Å²) >= 11 is 5.90. The van der Waals surface area contributed by atoms with E-state index in [1.807, 2.05) is 48.6 Å². The summed E-state index contributed by atoms with van der Waals surface area (Å²) in [6.45, 7) is 16.9. The molecule has 3 aliphatic heterocycles. The molecule has 2 aromatic heterocycles. The van der Waals surface area contributed by atoms with E-state index in [-0.39, 0.29) is 17.5 Å². The molecule has 15 heteroatoms. The number of piperazine rings is 1. The normalized spacial score (nSPS) is 16.5. The molecule has 0 radical (unpaired) electrons. The summed E-state index contributed by atoms with van der Waals surface area (Å²) in [6.07, 6.45) is 0.796. The van der Waals surface area contributed by atoms with Crippen molar-refractivity contribution in [2.24, 2.45) is 0 Å². The van der Waals surface area contributed by atoms with Crippen molar-refractivity contribution in [2.45, 2.75) is 78.7 Å². The first-order chi connectivity index (χ1) is 21.2. The van der Waals surface area contributed by atoms with Gasteiger partial charge in [-0.25, -0.2) is 24.5 Å². The maximum atomic E-state index is 12.4. The second-order valence-corrected chi connectivity index (χ2v) is 13.4. The Kier molecular flexibility index (Phi) is 10.8. The number of ether oxygens (including phenoxy) is 2. The molecule has 1 saturated heterocycles. The summed E-state index contributed by atoms with van der Waals surface area (Å²) in [5.74, 6) is 2.32. The second kappa shape index (κ2) is 14.2. The van der Waals surface area contributed by atoms with E-state index in [2.05, 4.69) is 30.8 Å². The third-order valence-electron chi connectivity index (χ3n) is 7.27. The predicted molar refractivity (Wildman–Crippen MR) is 174 cm³/mol. The topological polar surface area (TPSA) is 150 Å². The van der Waals surface area contributed by atoms with Gasteiger partial charge in [0.25, 0.3) is 0 Å². The van der Waals surface area contributed by atoms with E-state index in [0.29, 0.717) is 32.6 Å². The molecule has 45 heavy (non-hydrogen) atoms. The number of hydrogen-bond acceptors (Lipinski definition) is 12. The molecule has 2 amide bonds. The van der Waals surface area contributed by atoms with Crippen molar-refractivity contribution >= 4 is 41.4 Å². The molecule has 1 fully saturated rings. The number of nitrogens with one attached hydrogen (secondary N) is 3. The molecule has 0 atom stereocenters. The molecule has 14 nitrogen and oxygen atoms in total. The number of carbonyl (C=O) groups excluding carboxylic acids is 2. The van der Waals surface area contributed by atoms with Crippen molar-refractivity contribution in [3.05, 3.63) is 27.8 Å². The van der Waals surface area contributed by atoms with Crippen LogP contribution in [0.2, 0.25) is 5.28 Å². The predicted octanol–water partition coefficient (Wildman–Crippen LogP) is 3.69. The van der Waals surface area contributed by atoms with E-state index in [0.717, 1.165) is 72.7 Å². The smallest absolute Gasteiger partial charge is 0.410 e. The van der Waals surface area contributed by atoms with Crippen molar-refractivity contribution in [3.63, 3.8) is 0 Å². The van der Waals surface area contributed by atoms with Gasteiger partial charge in [0, 0.05) is 64.5 Å². The number of hydrogen-bond donors (Lipinski definition) is 3. The number of carbonyl (C=O) groups is 2. The van der Waals surface area contributed by atoms with E-state index >= 15 is 0 Å². The second-order valence-electron chi connectivity index (χ2n) is 13.1. The molecule has 0 spiro atoms. The number of nitrogens with zero attached hydrogens (tertiary/aromatic N) is 7. The Morgan fingerprint density at radius 2 is 1.20 bits per heavy atom. The van der Waals surface area contributed by atoms with Crippen molar-refractivity contribution in [1.29, 1.82) is 0 Å². The van der Waals surface area contributed by atoms with E-state index in [9.17, 15) is 9.59 Å². The molecule has 0 bridgehead atoms. The van der Waals surface area contributed by atoms with Crippen molar-refractivity contribution in [2.75, 3.05) is 68.9 Å². The molecule has 3 aliphatic rings. The summed E-state index contributed by atoms with van der Waals surface area (Å²) in [5, 5.41) is 9.71. The Morgan fingerprint density at radius 3 is 1.67 bits per heavy atom. The summed E-state index contributed by atoms with van der Waals surface area (Å²) in [7, 11) is 3.67. The van der Waals surface area contributed by atoms with Gasteiger partial charge in [-0.3, -0.25) is 0 Å². The number of fused-ring (bicyclic) bond motifs is 2. The summed E-state index contributed by atoms with van der Waals surface area (Å²) in [4.78, 5) is 47.8. The number of amides is 2. The maximum absolute atomic E-state index is 12.4. The van der Waals surface area contributed by atoms with Gasteiger partial charge in [0.05, 0.1) is 24.5 Å². The number of rotatable bonds is 3. The van der Waals surface area contributed by atoms with Crippen LogP contribution in [0.4, 0.5) is 27.2 Å². The van der Waals surface area contributed by atoms with Crippen LogP contribution in [0, 0.1) is 0 Å². The molecule has 0 aliphatic carbocycles. The molecule has 5 heterocycles. The third kappa shape index (κ3) is 9.19. The van der Waals surface area contributed by atoms with Crippen LogP contribution in [0.15, 0.2) is 0 Å². The van der Waals surface area contributed by atoms with Gasteiger partial charge in [-0.1, -0.05) is 0 Å². The molecular formula is C30H47ClN10O4. The highest BCUT2D eigenvalue weighted by Gasteiger charge is 2.30. The zero-order valence-electron chi connectivity index (χ0n) is 27.7. The Labute approximate surface area is 270 Å². The molecule has 248 valence electrons. The van der Waals surface area contributed by atoms with E-state index in [4.69, 9.17) is 31.0 Å². The molecule has 0 saturated carbocycles. The maximum Gasteiger partial charge on any atom is 0.410 e. The number of anilines is 3. The highest BCUT2D eigenvalue weighted by Crippen LogP contribution is 2.28. The minimum atomic E-state index is -0.503. The van der Waals surface area contributed by atoms with Crippen LogP contribution in [0.1, 0.15) is 64.1 Å². The Hall–Kier alpha value is -3.65. The first-order valence-electron chi connectivity index (χ1n) is 15.4. The quantitative estimate of drug-likeness (QED) is 0.417. The molecule has 5 rings (SSSR count). The van der Waals surface area contributed by atoms with Crippen LogP contribution < -0.4 is 20.9 Å². The zero-order valence-corrected chi connectivity index (χ0v) is 28.5. The van der Waals surface area contributed by atoms with Crippen molar-refractivity contribution < 1.29 is 19.1 Å². The lowest BCUT2D eigenvalue weighted by atomic mass is 10.1. The zero-order chi connectivity index (χ0) is 32.9. The Morgan fingerprint density at radius 1 is 0.733 bits per heavy atom. The van der Waals surface area contributed by atoms with Crippen LogP contribution in [0.25, 0.3) is 0 Å². The van der Waals surface area contributed by atoms with E-state index < -0.39 is 11.2 Å². The average molecular weight is 647 g/mol. The molecule has 2 aromatic rings. The van der Waals surface area contributed by atoms with Gasteiger partial charge in [-0.05, 0) is 66.0 Å². The van der Waals surface area contributed by atoms with Gasteiger partial charge in [0.2, 0.25) is 11.2 Å². The van der Waals surface area contributed by atoms with Gasteiger partial charge in [0.1, 0.15) is 22.8 Å². The summed E-state index contributed by atoms with van der Waals surface area (Å²) < 4.78 is 10.9. The average Bonchev–Trinajstić information content (AvgIpc) is 2.98. The fourth-order valence-electron chi connectivity index (χ4n) is 5.20. The largest absolute Gasteiger partial charge is 0.444 e. The van der Waals surface area contributed by atoms with Gasteiger partial charge in [-0.15, -0.1) is 0 Å². The lowest BCUT2D eigenvalue weighted by molar-refractivity contribution is 0.0211. The fraction of sp³-hybridized carbons (Fsp3) is 0.667. The molecule has 0 unspecified atom stereocenters. The van der Waals surface area contributed by atoms with Crippen LogP contribution in [-0.2, 0) is 35.4 Å². The third-order valence-corrected chi connectivity index (χ3v) is 7.44. The van der Waals surface area contributed by atoms with Gasteiger partial charge in [0.15, 0.2) is 0 Å². The van der Waals surface area contributed by atoms with Crippen LogP contribution in [0.3, 0.4) is 0 Å². The molecular weight excluding hydrogens is 600 g/mol. The lowest BCUT2D eigenvalue weighted by Gasteiger charge is -2.33. The standard InChI is InChI=1S/C17H28N6O2.C13H19ClN4O2/c1-17(2,3)25-16(24)23-8-5-12-13(11-23)20-15(21-14(12)18-4)22-9-6-19-7-10-22;1-13(2,3)20-12(19)18-6-5-8-9(7-18)16-11(14)17-10(8)15-4/h19H,5-11H2,1-4H3,(H,18,20,21);5-7H2,1-4H3,(H,15,16,17). The summed E-state index contributed by atoms with van der Waals surface area (Å²) in [6, 6.07) is 0. The molecule has 0 aromatic carbocycles. The first kappa shape index (κ1) is 34.2. The number of aromatic nitrogens is 4. The van der Waals surface area contributed by atoms with Crippen LogP contribution in [-0.4, -0.2) is 106 Å². The van der Waals surface area contributed by atoms with Gasteiger partial charge in [-0.2, -0.15) is 4.98 Å². The minimum absolute atomic E-state index is 0.180. The fourth-order valence-corrected chi connectivity index (χ4v) is 5.39. The molecule has 3 N–H and O–H groups in total. The summed E-state index contributed by atoms with van der Waals surface area (Å²) in [5.41, 5.74) is 2.79. The number of halogens is 1. The SMILES string of the molecule is CNc1nc(Cl)nc2c1CCN(C(=O)OC(C)(C)C)C2.CNc1nc(N2CCNCC2)nc2c1CCN(C(=O)OC(C)(C)C)C2. The first-order valence-corrected chi connectivity index (χ1v) is 15.8. The Bertz CT molecular complexity index is 1370. The lowest BCUT2D eigenvalue weighted by Crippen LogP contribution is -2.45. The highest BCUT2D eigenvalue weighted by atomic mass is 35.5.